The van der Waals surface area contributed by atoms with Crippen LogP contribution in [0.25, 0.3) is 0 Å². The number of nitrogens with one attached hydrogen (secondary N) is 1. The predicted molar refractivity (Wildman–Crippen MR) is 168 cm³/mol. The lowest BCUT2D eigenvalue weighted by Crippen LogP contribution is -2.53. The first kappa shape index (κ1) is 32.5. The van der Waals surface area contributed by atoms with Crippen molar-refractivity contribution in [2.24, 2.45) is 0 Å². The van der Waals surface area contributed by atoms with E-state index >= 15 is 0 Å². The molecule has 43 heavy (non-hydrogen) atoms. The fourth-order valence-corrected chi connectivity index (χ4v) is 6.75. The highest BCUT2D eigenvalue weighted by Gasteiger charge is 2.33. The molecule has 230 valence electrons. The van der Waals surface area contributed by atoms with Gasteiger partial charge in [-0.05, 0) is 92.9 Å². The second-order valence-electron chi connectivity index (χ2n) is 10.6. The van der Waals surface area contributed by atoms with Crippen LogP contribution >= 0.6 is 15.9 Å². The first-order valence-corrected chi connectivity index (χ1v) is 16.7. The topological polar surface area (TPSA) is 96.0 Å². The quantitative estimate of drug-likeness (QED) is 0.253. The van der Waals surface area contributed by atoms with Crippen LogP contribution in [0.3, 0.4) is 0 Å². The first-order chi connectivity index (χ1) is 20.6. The fourth-order valence-electron chi connectivity index (χ4n) is 5.08. The second-order valence-corrected chi connectivity index (χ2v) is 13.3. The summed E-state index contributed by atoms with van der Waals surface area (Å²) in [4.78, 5) is 28.7. The van der Waals surface area contributed by atoms with Gasteiger partial charge in [-0.3, -0.25) is 13.9 Å². The van der Waals surface area contributed by atoms with E-state index in [0.717, 1.165) is 70.7 Å². The number of nitrogens with zero attached hydrogens (tertiary/aromatic N) is 2. The molecule has 11 heteroatoms. The smallest absolute Gasteiger partial charge is 0.264 e. The Morgan fingerprint density at radius 3 is 2.21 bits per heavy atom. The molecular formula is C32H37BrFN3O5S. The average molecular weight is 675 g/mol. The van der Waals surface area contributed by atoms with Crippen LogP contribution in [0.1, 0.15) is 51.5 Å². The van der Waals surface area contributed by atoms with Crippen molar-refractivity contribution in [2.75, 3.05) is 17.5 Å². The van der Waals surface area contributed by atoms with Gasteiger partial charge in [0.25, 0.3) is 10.0 Å². The van der Waals surface area contributed by atoms with Gasteiger partial charge in [0.15, 0.2) is 0 Å². The van der Waals surface area contributed by atoms with Gasteiger partial charge in [0.2, 0.25) is 11.8 Å². The lowest BCUT2D eigenvalue weighted by atomic mass is 9.95. The van der Waals surface area contributed by atoms with Gasteiger partial charge < -0.3 is 15.0 Å². The van der Waals surface area contributed by atoms with Crippen molar-refractivity contribution in [3.8, 4) is 5.75 Å². The molecule has 4 rings (SSSR count). The summed E-state index contributed by atoms with van der Waals surface area (Å²) in [6, 6.07) is 17.3. The van der Waals surface area contributed by atoms with Crippen molar-refractivity contribution in [1.82, 2.24) is 10.2 Å². The van der Waals surface area contributed by atoms with Crippen LogP contribution in [0.4, 0.5) is 10.1 Å². The minimum Gasteiger partial charge on any atom is -0.494 e. The third-order valence-corrected chi connectivity index (χ3v) is 9.82. The molecule has 0 aromatic heterocycles. The molecule has 1 N–H and O–H groups in total. The molecule has 0 heterocycles. The number of rotatable bonds is 12. The highest BCUT2D eigenvalue weighted by atomic mass is 79.9. The SMILES string of the molecule is CCOc1ccc(N(CC(=O)N(Cc2ccc(Br)cc2)[C@H](C)C(=O)NC2CCCCC2)S(=O)(=O)c2ccc(F)cc2)cc1. The molecule has 0 radical (unpaired) electrons. The molecule has 1 aliphatic rings. The van der Waals surface area contributed by atoms with Gasteiger partial charge in [-0.2, -0.15) is 0 Å². The van der Waals surface area contributed by atoms with Crippen LogP contribution in [-0.4, -0.2) is 50.4 Å². The number of amides is 2. The Balaban J connectivity index is 1.67. The van der Waals surface area contributed by atoms with Crippen LogP contribution in [-0.2, 0) is 26.2 Å². The van der Waals surface area contributed by atoms with Gasteiger partial charge in [0.1, 0.15) is 24.2 Å². The molecule has 1 aliphatic carbocycles. The summed E-state index contributed by atoms with van der Waals surface area (Å²) in [6.45, 7) is 3.44. The maximum Gasteiger partial charge on any atom is 0.264 e. The van der Waals surface area contributed by atoms with Crippen LogP contribution in [0.15, 0.2) is 82.2 Å². The van der Waals surface area contributed by atoms with Gasteiger partial charge in [-0.15, -0.1) is 0 Å². The summed E-state index contributed by atoms with van der Waals surface area (Å²) in [7, 11) is -4.30. The number of benzene rings is 3. The first-order valence-electron chi connectivity index (χ1n) is 14.4. The Kier molecular flexibility index (Phi) is 11.2. The van der Waals surface area contributed by atoms with Crippen molar-refractivity contribution in [3.05, 3.63) is 88.6 Å². The second kappa shape index (κ2) is 14.8. The summed E-state index contributed by atoms with van der Waals surface area (Å²) in [6.07, 6.45) is 5.00. The minimum absolute atomic E-state index is 0.0486. The molecule has 0 bridgehead atoms. The van der Waals surface area contributed by atoms with Crippen LogP contribution in [0.2, 0.25) is 0 Å². The van der Waals surface area contributed by atoms with Crippen molar-refractivity contribution >= 4 is 43.5 Å². The predicted octanol–water partition coefficient (Wildman–Crippen LogP) is 6.05. The minimum atomic E-state index is -4.30. The van der Waals surface area contributed by atoms with E-state index in [4.69, 9.17) is 4.74 Å². The molecule has 1 saturated carbocycles. The maximum absolute atomic E-state index is 14.1. The molecule has 2 amide bonds. The zero-order valence-corrected chi connectivity index (χ0v) is 26.7. The summed E-state index contributed by atoms with van der Waals surface area (Å²) in [5.74, 6) is -0.886. The Morgan fingerprint density at radius 2 is 1.60 bits per heavy atom. The van der Waals surface area contributed by atoms with E-state index in [1.165, 1.54) is 4.90 Å². The zero-order valence-electron chi connectivity index (χ0n) is 24.3. The number of ether oxygens (including phenoxy) is 1. The van der Waals surface area contributed by atoms with Crippen molar-refractivity contribution in [3.63, 3.8) is 0 Å². The zero-order chi connectivity index (χ0) is 31.0. The van der Waals surface area contributed by atoms with Gasteiger partial charge >= 0.3 is 0 Å². The summed E-state index contributed by atoms with van der Waals surface area (Å²) in [5.41, 5.74) is 1.01. The van der Waals surface area contributed by atoms with Gasteiger partial charge in [0.05, 0.1) is 17.2 Å². The molecule has 8 nitrogen and oxygen atoms in total. The average Bonchev–Trinajstić information content (AvgIpc) is 3.00. The third kappa shape index (κ3) is 8.57. The van der Waals surface area contributed by atoms with E-state index < -0.39 is 34.3 Å². The summed E-state index contributed by atoms with van der Waals surface area (Å²) < 4.78 is 48.8. The third-order valence-electron chi connectivity index (χ3n) is 7.50. The molecule has 3 aromatic rings. The van der Waals surface area contributed by atoms with E-state index in [2.05, 4.69) is 21.2 Å². The lowest BCUT2D eigenvalue weighted by molar-refractivity contribution is -0.139. The number of hydrogen-bond acceptors (Lipinski definition) is 5. The largest absolute Gasteiger partial charge is 0.494 e. The van der Waals surface area contributed by atoms with Crippen LogP contribution in [0.5, 0.6) is 5.75 Å². The standard InChI is InChI=1S/C32H37BrFN3O5S/c1-3-42-29-17-15-28(16-18-29)37(43(40,41)30-19-13-26(34)14-20-30)22-31(38)36(21-24-9-11-25(33)12-10-24)23(2)32(39)35-27-7-5-4-6-8-27/h9-20,23,27H,3-8,21-22H2,1-2H3,(H,35,39)/t23-/m1/s1. The van der Waals surface area contributed by atoms with Gasteiger partial charge in [0, 0.05) is 17.1 Å². The van der Waals surface area contributed by atoms with E-state index in [-0.39, 0.29) is 29.1 Å². The van der Waals surface area contributed by atoms with E-state index in [9.17, 15) is 22.4 Å². The Morgan fingerprint density at radius 1 is 0.977 bits per heavy atom. The molecule has 1 atom stereocenters. The number of anilines is 1. The van der Waals surface area contributed by atoms with Crippen LogP contribution < -0.4 is 14.4 Å². The van der Waals surface area contributed by atoms with Crippen molar-refractivity contribution in [1.29, 1.82) is 0 Å². The van der Waals surface area contributed by atoms with Crippen LogP contribution in [0, 0.1) is 5.82 Å². The number of halogens is 2. The Bertz CT molecular complexity index is 1480. The maximum atomic E-state index is 14.1. The monoisotopic (exact) mass is 673 g/mol. The number of carbonyl (C=O) groups excluding carboxylic acids is 2. The Hall–Kier alpha value is -3.44. The number of hydrogen-bond donors (Lipinski definition) is 1. The molecular weight excluding hydrogens is 637 g/mol. The molecule has 1 fully saturated rings. The number of carbonyl (C=O) groups is 2. The van der Waals surface area contributed by atoms with E-state index in [1.54, 1.807) is 31.2 Å². The van der Waals surface area contributed by atoms with Crippen molar-refractivity contribution in [2.45, 2.75) is 69.5 Å². The molecule has 0 aliphatic heterocycles. The highest BCUT2D eigenvalue weighted by molar-refractivity contribution is 9.10. The summed E-state index contributed by atoms with van der Waals surface area (Å²) >= 11 is 3.42. The summed E-state index contributed by atoms with van der Waals surface area (Å²) in [5, 5.41) is 3.09. The Labute approximate surface area is 261 Å². The van der Waals surface area contributed by atoms with Gasteiger partial charge in [-0.25, -0.2) is 12.8 Å². The normalized spacial score (nSPS) is 14.5. The molecule has 0 saturated heterocycles. The lowest BCUT2D eigenvalue weighted by Gasteiger charge is -2.33. The molecule has 0 unspecified atom stereocenters. The molecule has 0 spiro atoms. The van der Waals surface area contributed by atoms with E-state index in [0.29, 0.717) is 12.4 Å². The van der Waals surface area contributed by atoms with Gasteiger partial charge in [-0.1, -0.05) is 47.3 Å². The molecule has 3 aromatic carbocycles. The highest BCUT2D eigenvalue weighted by Crippen LogP contribution is 2.27. The fraction of sp³-hybridized carbons (Fsp3) is 0.375. The van der Waals surface area contributed by atoms with Crippen molar-refractivity contribution < 1.29 is 27.1 Å². The van der Waals surface area contributed by atoms with E-state index in [1.807, 2.05) is 31.2 Å². The number of sulfonamides is 1.